The lowest BCUT2D eigenvalue weighted by Crippen LogP contribution is -2.39. The zero-order valence-electron chi connectivity index (χ0n) is 14.9. The van der Waals surface area contributed by atoms with Crippen molar-refractivity contribution < 1.29 is 38.5 Å². The van der Waals surface area contributed by atoms with Gasteiger partial charge in [-0.05, 0) is 18.2 Å². The number of carboxylic acids is 1. The molecule has 0 saturated heterocycles. The van der Waals surface area contributed by atoms with Crippen molar-refractivity contribution in [3.8, 4) is 0 Å². The predicted octanol–water partition coefficient (Wildman–Crippen LogP) is 0.737. The van der Waals surface area contributed by atoms with E-state index in [1.54, 1.807) is 0 Å². The number of anilines is 2. The average Bonchev–Trinajstić information content (AvgIpc) is 2.65. The Hall–Kier alpha value is -3.40. The van der Waals surface area contributed by atoms with Gasteiger partial charge in [0, 0.05) is 12.6 Å². The quantitative estimate of drug-likeness (QED) is 0.712. The van der Waals surface area contributed by atoms with Gasteiger partial charge in [0.2, 0.25) is 5.91 Å². The van der Waals surface area contributed by atoms with Crippen LogP contribution in [0.15, 0.2) is 29.5 Å². The number of methoxy groups -OCH3 is 2. The Balaban J connectivity index is 2.63. The van der Waals surface area contributed by atoms with E-state index in [0.717, 1.165) is 14.2 Å². The molecule has 1 amide bonds. The summed E-state index contributed by atoms with van der Waals surface area (Å²) in [6.45, 7) is 0.901. The van der Waals surface area contributed by atoms with Crippen molar-refractivity contribution in [3.05, 3.63) is 35.0 Å². The monoisotopic (exact) mass is 378 g/mol. The zero-order valence-corrected chi connectivity index (χ0v) is 14.9. The van der Waals surface area contributed by atoms with Gasteiger partial charge in [-0.25, -0.2) is 14.4 Å². The second kappa shape index (κ2) is 8.32. The maximum Gasteiger partial charge on any atom is 0.355 e. The van der Waals surface area contributed by atoms with E-state index in [1.807, 2.05) is 0 Å². The van der Waals surface area contributed by atoms with Crippen LogP contribution in [0.5, 0.6) is 0 Å². The molecule has 0 bridgehead atoms. The number of carbonyl (C=O) groups excluding carboxylic acids is 3. The van der Waals surface area contributed by atoms with E-state index in [-0.39, 0.29) is 47.5 Å². The molecule has 0 saturated carbocycles. The van der Waals surface area contributed by atoms with Gasteiger partial charge >= 0.3 is 17.9 Å². The fraction of sp³-hybridized carbons (Fsp3) is 0.294. The summed E-state index contributed by atoms with van der Waals surface area (Å²) in [5, 5.41) is 12.0. The lowest BCUT2D eigenvalue weighted by molar-refractivity contribution is -0.140. The van der Waals surface area contributed by atoms with Gasteiger partial charge in [-0.1, -0.05) is 0 Å². The summed E-state index contributed by atoms with van der Waals surface area (Å²) in [5.41, 5.74) is -0.142. The molecule has 0 spiro atoms. The SMILES string of the molecule is COC(=O)C1=C(C(=O)OC)N(c2ccc(NC(C)=O)cc2C(=O)O)COC1. The summed E-state index contributed by atoms with van der Waals surface area (Å²) >= 11 is 0. The minimum atomic E-state index is -1.30. The number of nitrogens with one attached hydrogen (secondary N) is 1. The molecule has 1 aliphatic rings. The third kappa shape index (κ3) is 4.23. The average molecular weight is 378 g/mol. The van der Waals surface area contributed by atoms with Gasteiger partial charge in [0.25, 0.3) is 0 Å². The molecule has 144 valence electrons. The fourth-order valence-corrected chi connectivity index (χ4v) is 2.56. The van der Waals surface area contributed by atoms with E-state index in [1.165, 1.54) is 30.0 Å². The Morgan fingerprint density at radius 3 is 2.37 bits per heavy atom. The first-order valence-corrected chi connectivity index (χ1v) is 7.70. The van der Waals surface area contributed by atoms with E-state index >= 15 is 0 Å². The molecule has 1 heterocycles. The molecule has 0 fully saturated rings. The van der Waals surface area contributed by atoms with E-state index in [2.05, 4.69) is 10.1 Å². The van der Waals surface area contributed by atoms with E-state index < -0.39 is 17.9 Å². The molecule has 1 aliphatic heterocycles. The molecule has 1 aromatic carbocycles. The number of ether oxygens (including phenoxy) is 3. The van der Waals surface area contributed by atoms with Crippen LogP contribution >= 0.6 is 0 Å². The number of rotatable bonds is 5. The van der Waals surface area contributed by atoms with Crippen molar-refractivity contribution in [2.24, 2.45) is 0 Å². The van der Waals surface area contributed by atoms with Gasteiger partial charge in [-0.2, -0.15) is 0 Å². The molecule has 1 aromatic rings. The molecule has 2 rings (SSSR count). The van der Waals surface area contributed by atoms with Crippen LogP contribution in [0.4, 0.5) is 11.4 Å². The number of benzene rings is 1. The van der Waals surface area contributed by atoms with Gasteiger partial charge in [-0.15, -0.1) is 0 Å². The number of aromatic carboxylic acids is 1. The lowest BCUT2D eigenvalue weighted by atomic mass is 10.1. The number of esters is 2. The first kappa shape index (κ1) is 19.9. The number of carbonyl (C=O) groups is 4. The normalized spacial score (nSPS) is 13.8. The molecular weight excluding hydrogens is 360 g/mol. The predicted molar refractivity (Wildman–Crippen MR) is 92.1 cm³/mol. The summed E-state index contributed by atoms with van der Waals surface area (Å²) in [4.78, 5) is 48.4. The Morgan fingerprint density at radius 2 is 1.81 bits per heavy atom. The van der Waals surface area contributed by atoms with Crippen molar-refractivity contribution in [2.45, 2.75) is 6.92 Å². The van der Waals surface area contributed by atoms with Crippen LogP contribution < -0.4 is 10.2 Å². The molecular formula is C17H18N2O8. The summed E-state index contributed by atoms with van der Waals surface area (Å²) in [6, 6.07) is 4.09. The van der Waals surface area contributed by atoms with Crippen molar-refractivity contribution in [1.29, 1.82) is 0 Å². The van der Waals surface area contributed by atoms with Crippen molar-refractivity contribution in [3.63, 3.8) is 0 Å². The number of hydrogen-bond acceptors (Lipinski definition) is 8. The van der Waals surface area contributed by atoms with Crippen LogP contribution in [0, 0.1) is 0 Å². The van der Waals surface area contributed by atoms with Gasteiger partial charge in [0.15, 0.2) is 0 Å². The molecule has 0 radical (unpaired) electrons. The Bertz CT molecular complexity index is 830. The van der Waals surface area contributed by atoms with Crippen LogP contribution in [-0.2, 0) is 28.6 Å². The van der Waals surface area contributed by atoms with Crippen LogP contribution in [0.1, 0.15) is 17.3 Å². The molecule has 2 N–H and O–H groups in total. The fourth-order valence-electron chi connectivity index (χ4n) is 2.56. The highest BCUT2D eigenvalue weighted by molar-refractivity contribution is 6.05. The Kier molecular flexibility index (Phi) is 6.14. The lowest BCUT2D eigenvalue weighted by Gasteiger charge is -2.32. The van der Waals surface area contributed by atoms with Gasteiger partial charge in [-0.3, -0.25) is 4.79 Å². The Labute approximate surface area is 154 Å². The summed E-state index contributed by atoms with van der Waals surface area (Å²) in [6.07, 6.45) is 0. The number of carboxylic acid groups (broad SMARTS) is 1. The molecule has 10 nitrogen and oxygen atoms in total. The number of nitrogens with zero attached hydrogens (tertiary/aromatic N) is 1. The summed E-state index contributed by atoms with van der Waals surface area (Å²) in [7, 11) is 2.28. The van der Waals surface area contributed by atoms with Gasteiger partial charge < -0.3 is 29.5 Å². The molecule has 0 aliphatic carbocycles. The molecule has 27 heavy (non-hydrogen) atoms. The van der Waals surface area contributed by atoms with Crippen LogP contribution in [-0.4, -0.2) is 56.5 Å². The van der Waals surface area contributed by atoms with E-state index in [0.29, 0.717) is 0 Å². The third-order valence-electron chi connectivity index (χ3n) is 3.67. The second-order valence-corrected chi connectivity index (χ2v) is 5.43. The van der Waals surface area contributed by atoms with Crippen LogP contribution in [0.3, 0.4) is 0 Å². The summed E-state index contributed by atoms with van der Waals surface area (Å²) < 4.78 is 14.7. The van der Waals surface area contributed by atoms with Crippen LogP contribution in [0.25, 0.3) is 0 Å². The minimum absolute atomic E-state index is 0.0816. The highest BCUT2D eigenvalue weighted by Crippen LogP contribution is 2.31. The molecule has 0 atom stereocenters. The smallest absolute Gasteiger partial charge is 0.355 e. The molecule has 0 aromatic heterocycles. The van der Waals surface area contributed by atoms with Crippen LogP contribution in [0.2, 0.25) is 0 Å². The zero-order chi connectivity index (χ0) is 20.1. The van der Waals surface area contributed by atoms with Gasteiger partial charge in [0.05, 0.1) is 37.7 Å². The van der Waals surface area contributed by atoms with E-state index in [9.17, 15) is 24.3 Å². The van der Waals surface area contributed by atoms with Crippen molar-refractivity contribution in [1.82, 2.24) is 0 Å². The van der Waals surface area contributed by atoms with Crippen molar-refractivity contribution in [2.75, 3.05) is 37.8 Å². The first-order valence-electron chi connectivity index (χ1n) is 7.70. The number of amides is 1. The molecule has 0 unspecified atom stereocenters. The van der Waals surface area contributed by atoms with Crippen molar-refractivity contribution >= 4 is 35.2 Å². The maximum absolute atomic E-state index is 12.3. The maximum atomic E-state index is 12.3. The number of hydrogen-bond donors (Lipinski definition) is 2. The third-order valence-corrected chi connectivity index (χ3v) is 3.67. The highest BCUT2D eigenvalue weighted by atomic mass is 16.5. The Morgan fingerprint density at radius 1 is 1.15 bits per heavy atom. The van der Waals surface area contributed by atoms with Gasteiger partial charge in [0.1, 0.15) is 12.4 Å². The standard InChI is InChI=1S/C17H18N2O8/c1-9(20)18-10-4-5-13(11(6-10)15(21)22)19-8-27-7-12(16(23)25-2)14(19)17(24)26-3/h4-6H,7-8H2,1-3H3,(H,18,20)(H,21,22). The first-order chi connectivity index (χ1) is 12.8. The largest absolute Gasteiger partial charge is 0.478 e. The summed E-state index contributed by atoms with van der Waals surface area (Å²) in [5.74, 6) is -3.32. The highest BCUT2D eigenvalue weighted by Gasteiger charge is 2.34. The van der Waals surface area contributed by atoms with E-state index in [4.69, 9.17) is 9.47 Å². The minimum Gasteiger partial charge on any atom is -0.478 e. The second-order valence-electron chi connectivity index (χ2n) is 5.43. The topological polar surface area (TPSA) is 131 Å². The molecule has 10 heteroatoms.